The Morgan fingerprint density at radius 1 is 1.18 bits per heavy atom. The predicted molar refractivity (Wildman–Crippen MR) is 62.7 cm³/mol. The van der Waals surface area contributed by atoms with Gasteiger partial charge in [-0.25, -0.2) is 4.79 Å². The highest BCUT2D eigenvalue weighted by atomic mass is 16.4. The summed E-state index contributed by atoms with van der Waals surface area (Å²) >= 11 is 0. The standard InChI is InChI=1S/C12H21NO4/c1-2-6-13(7-4-3-5-8-13)10(12(16)17)9-11(14)15/h10H,2-9H2,1H3,(H-,14,15,16,17)/p+1. The molecule has 0 aromatic heterocycles. The van der Waals surface area contributed by atoms with Gasteiger partial charge in [-0.2, -0.15) is 0 Å². The van der Waals surface area contributed by atoms with Crippen LogP contribution in [0.3, 0.4) is 0 Å². The number of carboxylic acids is 2. The third-order valence-electron chi connectivity index (χ3n) is 3.69. The minimum Gasteiger partial charge on any atom is -0.481 e. The maximum atomic E-state index is 11.3. The van der Waals surface area contributed by atoms with Gasteiger partial charge >= 0.3 is 11.9 Å². The van der Waals surface area contributed by atoms with Gasteiger partial charge in [-0.15, -0.1) is 0 Å². The number of nitrogens with zero attached hydrogens (tertiary/aromatic N) is 1. The first-order chi connectivity index (χ1) is 8.02. The Morgan fingerprint density at radius 2 is 1.76 bits per heavy atom. The van der Waals surface area contributed by atoms with E-state index in [0.29, 0.717) is 4.48 Å². The molecule has 1 aliphatic heterocycles. The molecule has 1 fully saturated rings. The van der Waals surface area contributed by atoms with Gasteiger partial charge in [0.2, 0.25) is 0 Å². The summed E-state index contributed by atoms with van der Waals surface area (Å²) in [6.45, 7) is 4.40. The molecule has 0 aromatic rings. The molecule has 0 bridgehead atoms. The number of rotatable bonds is 6. The molecule has 1 rings (SSSR count). The number of piperidine rings is 1. The van der Waals surface area contributed by atoms with E-state index in [2.05, 4.69) is 0 Å². The van der Waals surface area contributed by atoms with E-state index in [1.807, 2.05) is 6.92 Å². The first kappa shape index (κ1) is 14.0. The van der Waals surface area contributed by atoms with Gasteiger partial charge in [-0.3, -0.25) is 4.79 Å². The molecule has 0 spiro atoms. The molecule has 0 saturated carbocycles. The van der Waals surface area contributed by atoms with Crippen molar-refractivity contribution in [1.82, 2.24) is 0 Å². The van der Waals surface area contributed by atoms with Gasteiger partial charge in [-0.1, -0.05) is 6.92 Å². The maximum Gasteiger partial charge on any atom is 0.363 e. The minimum atomic E-state index is -1.02. The van der Waals surface area contributed by atoms with Gasteiger partial charge in [0.15, 0.2) is 6.04 Å². The fraction of sp³-hybridized carbons (Fsp3) is 0.833. The fourth-order valence-corrected chi connectivity index (χ4v) is 2.96. The van der Waals surface area contributed by atoms with Gasteiger partial charge in [0.1, 0.15) is 6.42 Å². The summed E-state index contributed by atoms with van der Waals surface area (Å²) in [5.41, 5.74) is 0. The zero-order valence-electron chi connectivity index (χ0n) is 10.4. The minimum absolute atomic E-state index is 0.269. The van der Waals surface area contributed by atoms with Crippen LogP contribution < -0.4 is 0 Å². The molecule has 1 aliphatic rings. The molecule has 1 heterocycles. The van der Waals surface area contributed by atoms with E-state index in [0.717, 1.165) is 45.3 Å². The van der Waals surface area contributed by atoms with E-state index < -0.39 is 18.0 Å². The summed E-state index contributed by atoms with van der Waals surface area (Å²) in [7, 11) is 0. The van der Waals surface area contributed by atoms with Crippen LogP contribution in [0.4, 0.5) is 0 Å². The number of hydrogen-bond acceptors (Lipinski definition) is 2. The number of hydrogen-bond donors (Lipinski definition) is 2. The Labute approximate surface area is 102 Å². The Bertz CT molecular complexity index is 279. The lowest BCUT2D eigenvalue weighted by Gasteiger charge is -2.45. The van der Waals surface area contributed by atoms with Crippen LogP contribution in [0.5, 0.6) is 0 Å². The molecule has 0 radical (unpaired) electrons. The van der Waals surface area contributed by atoms with Crippen LogP contribution in [0, 0.1) is 0 Å². The lowest BCUT2D eigenvalue weighted by molar-refractivity contribution is -0.947. The maximum absolute atomic E-state index is 11.3. The number of quaternary nitrogens is 1. The second kappa shape index (κ2) is 6.00. The van der Waals surface area contributed by atoms with Crippen molar-refractivity contribution in [3.8, 4) is 0 Å². The van der Waals surface area contributed by atoms with Crippen molar-refractivity contribution in [3.05, 3.63) is 0 Å². The van der Waals surface area contributed by atoms with Gasteiger partial charge in [0.25, 0.3) is 0 Å². The van der Waals surface area contributed by atoms with Gasteiger partial charge < -0.3 is 14.7 Å². The molecule has 1 unspecified atom stereocenters. The summed E-state index contributed by atoms with van der Waals surface area (Å²) in [4.78, 5) is 22.2. The molecule has 1 atom stereocenters. The Hall–Kier alpha value is -1.10. The van der Waals surface area contributed by atoms with Crippen LogP contribution in [0.2, 0.25) is 0 Å². The van der Waals surface area contributed by atoms with Crippen molar-refractivity contribution in [3.63, 3.8) is 0 Å². The van der Waals surface area contributed by atoms with E-state index in [-0.39, 0.29) is 6.42 Å². The monoisotopic (exact) mass is 244 g/mol. The van der Waals surface area contributed by atoms with E-state index in [9.17, 15) is 14.7 Å². The van der Waals surface area contributed by atoms with Crippen LogP contribution in [-0.2, 0) is 9.59 Å². The molecule has 1 saturated heterocycles. The third-order valence-corrected chi connectivity index (χ3v) is 3.69. The molecule has 0 aliphatic carbocycles. The first-order valence-corrected chi connectivity index (χ1v) is 6.32. The zero-order valence-corrected chi connectivity index (χ0v) is 10.4. The van der Waals surface area contributed by atoms with Gasteiger partial charge in [0.05, 0.1) is 19.6 Å². The quantitative estimate of drug-likeness (QED) is 0.691. The normalized spacial score (nSPS) is 20.8. The van der Waals surface area contributed by atoms with Crippen LogP contribution in [0.25, 0.3) is 0 Å². The number of carboxylic acid groups (broad SMARTS) is 2. The van der Waals surface area contributed by atoms with Gasteiger partial charge in [-0.05, 0) is 25.7 Å². The van der Waals surface area contributed by atoms with E-state index >= 15 is 0 Å². The third kappa shape index (κ3) is 3.43. The number of aliphatic carboxylic acids is 2. The zero-order chi connectivity index (χ0) is 12.9. The number of carbonyl (C=O) groups is 2. The highest BCUT2D eigenvalue weighted by molar-refractivity contribution is 5.79. The lowest BCUT2D eigenvalue weighted by Crippen LogP contribution is -2.61. The summed E-state index contributed by atoms with van der Waals surface area (Å²) in [5, 5.41) is 18.2. The topological polar surface area (TPSA) is 74.6 Å². The molecule has 5 heteroatoms. The molecule has 98 valence electrons. The lowest BCUT2D eigenvalue weighted by atomic mass is 10.00. The van der Waals surface area contributed by atoms with E-state index in [1.165, 1.54) is 0 Å². The van der Waals surface area contributed by atoms with Crippen LogP contribution in [0.15, 0.2) is 0 Å². The summed E-state index contributed by atoms with van der Waals surface area (Å²) in [6.07, 6.45) is 3.76. The average molecular weight is 244 g/mol. The van der Waals surface area contributed by atoms with Crippen LogP contribution in [0.1, 0.15) is 39.0 Å². The fourth-order valence-electron chi connectivity index (χ4n) is 2.96. The molecule has 2 N–H and O–H groups in total. The van der Waals surface area contributed by atoms with Crippen molar-refractivity contribution in [1.29, 1.82) is 0 Å². The highest BCUT2D eigenvalue weighted by Crippen LogP contribution is 2.25. The molecule has 0 amide bonds. The van der Waals surface area contributed by atoms with Crippen molar-refractivity contribution < 1.29 is 24.3 Å². The SMILES string of the molecule is CCC[N+]1(C(CC(=O)O)C(=O)O)CCCCC1. The summed E-state index contributed by atoms with van der Waals surface area (Å²) in [5.74, 6) is -1.99. The Balaban J connectivity index is 2.90. The van der Waals surface area contributed by atoms with E-state index in [1.54, 1.807) is 0 Å². The largest absolute Gasteiger partial charge is 0.481 e. The van der Waals surface area contributed by atoms with Crippen LogP contribution >= 0.6 is 0 Å². The predicted octanol–water partition coefficient (Wildman–Crippen LogP) is 1.32. The van der Waals surface area contributed by atoms with Crippen LogP contribution in [-0.4, -0.2) is 52.3 Å². The smallest absolute Gasteiger partial charge is 0.363 e. The molecule has 17 heavy (non-hydrogen) atoms. The first-order valence-electron chi connectivity index (χ1n) is 6.32. The number of likely N-dealkylation sites (tertiary alicyclic amines) is 1. The molecule has 0 aromatic carbocycles. The van der Waals surface area contributed by atoms with Gasteiger partial charge in [0, 0.05) is 0 Å². The Morgan fingerprint density at radius 3 is 2.18 bits per heavy atom. The second-order valence-corrected chi connectivity index (χ2v) is 4.90. The van der Waals surface area contributed by atoms with Crippen molar-refractivity contribution in [2.24, 2.45) is 0 Å². The van der Waals surface area contributed by atoms with Crippen molar-refractivity contribution >= 4 is 11.9 Å². The molecular weight excluding hydrogens is 222 g/mol. The highest BCUT2D eigenvalue weighted by Gasteiger charge is 2.43. The van der Waals surface area contributed by atoms with E-state index in [4.69, 9.17) is 5.11 Å². The summed E-state index contributed by atoms with van der Waals surface area (Å²) < 4.78 is 0.456. The average Bonchev–Trinajstić information content (AvgIpc) is 2.27. The molecule has 5 nitrogen and oxygen atoms in total. The molecular formula is C12H22NO4+. The second-order valence-electron chi connectivity index (χ2n) is 4.90. The van der Waals surface area contributed by atoms with Crippen molar-refractivity contribution in [2.75, 3.05) is 19.6 Å². The van der Waals surface area contributed by atoms with Crippen molar-refractivity contribution in [2.45, 2.75) is 45.1 Å². The summed E-state index contributed by atoms with van der Waals surface area (Å²) in [6, 6.07) is -0.784. The Kier molecular flexibility index (Phi) is 4.93.